The Labute approximate surface area is 91.1 Å². The van der Waals surface area contributed by atoms with Crippen molar-refractivity contribution < 1.29 is 0 Å². The maximum Gasteiger partial charge on any atom is 0.0724 e. The number of hydrogen-bond acceptors (Lipinski definition) is 0. The molecule has 0 saturated heterocycles. The van der Waals surface area contributed by atoms with E-state index in [9.17, 15) is 0 Å². The molecular weight excluding hydrogens is 200 g/mol. The predicted molar refractivity (Wildman–Crippen MR) is 72.1 cm³/mol. The van der Waals surface area contributed by atoms with Crippen molar-refractivity contribution in [2.45, 2.75) is 52.1 Å². The van der Waals surface area contributed by atoms with Crippen molar-refractivity contribution in [3.8, 4) is 0 Å². The Morgan fingerprint density at radius 2 is 1.00 bits per heavy atom. The summed E-state index contributed by atoms with van der Waals surface area (Å²) in [5.41, 5.74) is 0. The van der Waals surface area contributed by atoms with Gasteiger partial charge < -0.3 is 0 Å². The van der Waals surface area contributed by atoms with Crippen LogP contribution in [0, 0.1) is 0 Å². The van der Waals surface area contributed by atoms with Crippen molar-refractivity contribution in [1.82, 2.24) is 0 Å². The Morgan fingerprint density at radius 1 is 0.714 bits per heavy atom. The topological polar surface area (TPSA) is 0 Å². The molecule has 0 saturated carbocycles. The number of hydrogen-bond donors (Lipinski definition) is 0. The zero-order chi connectivity index (χ0) is 11.0. The molecule has 0 fully saturated rings. The fourth-order valence-corrected chi connectivity index (χ4v) is 4.72. The van der Waals surface area contributed by atoms with Gasteiger partial charge in [-0.15, -0.1) is 0 Å². The molecule has 0 radical (unpaired) electrons. The third-order valence-electron chi connectivity index (χ3n) is 3.06. The van der Waals surface area contributed by atoms with Crippen molar-refractivity contribution in [2.75, 3.05) is 0 Å². The first-order valence-corrected chi connectivity index (χ1v) is 12.6. The largest absolute Gasteiger partial charge is 0.0852 e. The second-order valence-corrected chi connectivity index (χ2v) is 16.7. The molecule has 0 aliphatic heterocycles. The summed E-state index contributed by atoms with van der Waals surface area (Å²) in [6, 6.07) is 0. The van der Waals surface area contributed by atoms with Crippen molar-refractivity contribution >= 4 is 16.1 Å². The molecular formula is C12H24Si2. The number of allylic oxidation sites excluding steroid dienone is 4. The lowest BCUT2D eigenvalue weighted by molar-refractivity contribution is 1.14. The Morgan fingerprint density at radius 3 is 1.14 bits per heavy atom. The van der Waals surface area contributed by atoms with E-state index in [2.05, 4.69) is 51.4 Å². The molecule has 80 valence electrons. The molecule has 0 atom stereocenters. The molecule has 0 aromatic rings. The first-order valence-electron chi connectivity index (χ1n) is 5.60. The average molecular weight is 224 g/mol. The molecule has 0 unspecified atom stereocenters. The summed E-state index contributed by atoms with van der Waals surface area (Å²) in [6.07, 6.45) is 7.55. The lowest BCUT2D eigenvalue weighted by Gasteiger charge is -2.28. The molecule has 0 heterocycles. The Balaban J connectivity index is 2.72. The fourth-order valence-electron chi connectivity index (χ4n) is 1.86. The highest BCUT2D eigenvalue weighted by Gasteiger charge is 2.24. The Hall–Kier alpha value is -0.0862. The zero-order valence-electron chi connectivity index (χ0n) is 10.6. The van der Waals surface area contributed by atoms with E-state index < -0.39 is 16.1 Å². The quantitative estimate of drug-likeness (QED) is 0.610. The standard InChI is InChI=1S/C12H24Si2/c1-13(2,3)11-7-9-12(10-8-11)14(4,5)6/h7,10H,8-9H2,1-6H3. The van der Waals surface area contributed by atoms with Crippen LogP contribution in [-0.4, -0.2) is 16.1 Å². The van der Waals surface area contributed by atoms with Crippen LogP contribution in [0.4, 0.5) is 0 Å². The third-order valence-corrected chi connectivity index (χ3v) is 7.73. The molecule has 1 aliphatic carbocycles. The Kier molecular flexibility index (Phi) is 3.27. The molecule has 1 aliphatic rings. The van der Waals surface area contributed by atoms with Crippen LogP contribution in [0.1, 0.15) is 12.8 Å². The zero-order valence-corrected chi connectivity index (χ0v) is 12.6. The van der Waals surface area contributed by atoms with E-state index in [4.69, 9.17) is 0 Å². The van der Waals surface area contributed by atoms with Crippen LogP contribution >= 0.6 is 0 Å². The summed E-state index contributed by atoms with van der Waals surface area (Å²) in [4.78, 5) is 0. The van der Waals surface area contributed by atoms with E-state index in [0.29, 0.717) is 0 Å². The van der Waals surface area contributed by atoms with Gasteiger partial charge in [0.15, 0.2) is 0 Å². The Bertz CT molecular complexity index is 242. The van der Waals surface area contributed by atoms with Gasteiger partial charge in [-0.25, -0.2) is 0 Å². The van der Waals surface area contributed by atoms with Crippen LogP contribution in [-0.2, 0) is 0 Å². The first kappa shape index (κ1) is 12.0. The highest BCUT2D eigenvalue weighted by atomic mass is 28.3. The second-order valence-electron chi connectivity index (χ2n) is 6.37. The maximum absolute atomic E-state index is 2.53. The highest BCUT2D eigenvalue weighted by Crippen LogP contribution is 2.29. The minimum Gasteiger partial charge on any atom is -0.0852 e. The third kappa shape index (κ3) is 2.96. The summed E-state index contributed by atoms with van der Waals surface area (Å²) in [7, 11) is -2.03. The molecule has 0 N–H and O–H groups in total. The van der Waals surface area contributed by atoms with Crippen LogP contribution in [0.15, 0.2) is 22.5 Å². The SMILES string of the molecule is C[Si](C)(C)C1=CCC([Si](C)(C)C)=CC1. The summed E-state index contributed by atoms with van der Waals surface area (Å²) >= 11 is 0. The van der Waals surface area contributed by atoms with Gasteiger partial charge in [0.05, 0.1) is 16.1 Å². The molecule has 0 nitrogen and oxygen atoms in total. The molecule has 0 aromatic carbocycles. The normalized spacial score (nSPS) is 19.0. The summed E-state index contributed by atoms with van der Waals surface area (Å²) in [5, 5.41) is 3.50. The summed E-state index contributed by atoms with van der Waals surface area (Å²) in [6.45, 7) is 14.7. The molecule has 14 heavy (non-hydrogen) atoms. The van der Waals surface area contributed by atoms with Gasteiger partial charge in [-0.3, -0.25) is 0 Å². The van der Waals surface area contributed by atoms with Crippen molar-refractivity contribution in [3.63, 3.8) is 0 Å². The lowest BCUT2D eigenvalue weighted by Crippen LogP contribution is -2.29. The van der Waals surface area contributed by atoms with Gasteiger partial charge in [0.2, 0.25) is 0 Å². The van der Waals surface area contributed by atoms with E-state index in [-0.39, 0.29) is 0 Å². The van der Waals surface area contributed by atoms with E-state index in [1.54, 1.807) is 10.4 Å². The lowest BCUT2D eigenvalue weighted by atomic mass is 10.2. The molecule has 0 amide bonds. The van der Waals surface area contributed by atoms with Gasteiger partial charge in [0.25, 0.3) is 0 Å². The van der Waals surface area contributed by atoms with Gasteiger partial charge in [-0.1, -0.05) is 61.8 Å². The molecule has 0 bridgehead atoms. The maximum atomic E-state index is 2.53. The van der Waals surface area contributed by atoms with Gasteiger partial charge in [-0.05, 0) is 12.8 Å². The first-order chi connectivity index (χ1) is 6.21. The van der Waals surface area contributed by atoms with Crippen LogP contribution in [0.25, 0.3) is 0 Å². The van der Waals surface area contributed by atoms with Crippen molar-refractivity contribution in [3.05, 3.63) is 22.5 Å². The van der Waals surface area contributed by atoms with Crippen molar-refractivity contribution in [1.29, 1.82) is 0 Å². The minimum atomic E-state index is -1.01. The number of rotatable bonds is 2. The van der Waals surface area contributed by atoms with Gasteiger partial charge >= 0.3 is 0 Å². The molecule has 0 spiro atoms. The molecule has 1 rings (SSSR count). The highest BCUT2D eigenvalue weighted by molar-refractivity contribution is 6.84. The van der Waals surface area contributed by atoms with E-state index in [1.165, 1.54) is 12.8 Å². The van der Waals surface area contributed by atoms with Crippen LogP contribution in [0.5, 0.6) is 0 Å². The summed E-state index contributed by atoms with van der Waals surface area (Å²) in [5.74, 6) is 0. The van der Waals surface area contributed by atoms with Crippen LogP contribution in [0.2, 0.25) is 39.3 Å². The minimum absolute atomic E-state index is 1.01. The molecule has 0 aromatic heterocycles. The summed E-state index contributed by atoms with van der Waals surface area (Å²) < 4.78 is 0. The van der Waals surface area contributed by atoms with Crippen LogP contribution in [0.3, 0.4) is 0 Å². The van der Waals surface area contributed by atoms with E-state index in [1.807, 2.05) is 0 Å². The van der Waals surface area contributed by atoms with Gasteiger partial charge in [-0.2, -0.15) is 0 Å². The van der Waals surface area contributed by atoms with E-state index in [0.717, 1.165) is 0 Å². The van der Waals surface area contributed by atoms with Gasteiger partial charge in [0, 0.05) is 0 Å². The van der Waals surface area contributed by atoms with Gasteiger partial charge in [0.1, 0.15) is 0 Å². The molecule has 2 heteroatoms. The second kappa shape index (κ2) is 3.82. The smallest absolute Gasteiger partial charge is 0.0724 e. The van der Waals surface area contributed by atoms with Crippen molar-refractivity contribution in [2.24, 2.45) is 0 Å². The fraction of sp³-hybridized carbons (Fsp3) is 0.667. The average Bonchev–Trinajstić information content (AvgIpc) is 2.01. The predicted octanol–water partition coefficient (Wildman–Crippen LogP) is 4.39. The monoisotopic (exact) mass is 224 g/mol. The van der Waals surface area contributed by atoms with E-state index >= 15 is 0 Å². The van der Waals surface area contributed by atoms with Crippen LogP contribution < -0.4 is 0 Å².